The number of aliphatic hydroxyl groups is 1. The second-order valence-electron chi connectivity index (χ2n) is 4.76. The second-order valence-corrected chi connectivity index (χ2v) is 5.62. The van der Waals surface area contributed by atoms with Crippen LogP contribution < -0.4 is 0 Å². The van der Waals surface area contributed by atoms with E-state index in [9.17, 15) is 9.50 Å². The highest BCUT2D eigenvalue weighted by Crippen LogP contribution is 2.25. The van der Waals surface area contributed by atoms with Gasteiger partial charge in [0.1, 0.15) is 5.82 Å². The Hall–Kier alpha value is -1.19. The van der Waals surface area contributed by atoms with Crippen molar-refractivity contribution in [2.45, 2.75) is 26.4 Å². The average Bonchev–Trinajstić information content (AvgIpc) is 2.37. The van der Waals surface area contributed by atoms with Crippen LogP contribution in [0, 0.1) is 19.7 Å². The molecule has 0 radical (unpaired) electrons. The van der Waals surface area contributed by atoms with Gasteiger partial charge in [0.15, 0.2) is 0 Å². The highest BCUT2D eigenvalue weighted by molar-refractivity contribution is 9.10. The Kier molecular flexibility index (Phi) is 4.38. The fourth-order valence-corrected chi connectivity index (χ4v) is 2.45. The van der Waals surface area contributed by atoms with E-state index in [2.05, 4.69) is 15.9 Å². The molecule has 0 fully saturated rings. The van der Waals surface area contributed by atoms with Crippen LogP contribution in [0.25, 0.3) is 0 Å². The highest BCUT2D eigenvalue weighted by atomic mass is 79.9. The van der Waals surface area contributed by atoms with Gasteiger partial charge in [-0.3, -0.25) is 0 Å². The zero-order chi connectivity index (χ0) is 14.0. The summed E-state index contributed by atoms with van der Waals surface area (Å²) in [6.45, 7) is 4.05. The number of rotatable bonds is 3. The first-order valence-electron chi connectivity index (χ1n) is 6.17. The number of aryl methyl sites for hydroxylation is 2. The van der Waals surface area contributed by atoms with E-state index in [1.54, 1.807) is 12.1 Å². The fraction of sp³-hybridized carbons (Fsp3) is 0.250. The fourth-order valence-electron chi connectivity index (χ4n) is 2.20. The lowest BCUT2D eigenvalue weighted by Gasteiger charge is -2.15. The van der Waals surface area contributed by atoms with Crippen molar-refractivity contribution in [2.75, 3.05) is 0 Å². The molecule has 0 aliphatic heterocycles. The first kappa shape index (κ1) is 14.2. The van der Waals surface area contributed by atoms with Crippen LogP contribution in [0.3, 0.4) is 0 Å². The summed E-state index contributed by atoms with van der Waals surface area (Å²) >= 11 is 3.11. The molecule has 0 saturated heterocycles. The van der Waals surface area contributed by atoms with Crippen molar-refractivity contribution in [3.63, 3.8) is 0 Å². The minimum absolute atomic E-state index is 0.349. The van der Waals surface area contributed by atoms with Crippen molar-refractivity contribution >= 4 is 15.9 Å². The SMILES string of the molecule is Cc1cccc(C)c1CC(O)c1ccc(Br)c(F)c1. The molecule has 3 heteroatoms. The first-order valence-corrected chi connectivity index (χ1v) is 6.96. The molecule has 0 aromatic heterocycles. The zero-order valence-corrected chi connectivity index (χ0v) is 12.5. The van der Waals surface area contributed by atoms with Crippen molar-refractivity contribution in [3.05, 3.63) is 68.9 Å². The molecule has 1 atom stereocenters. The molecule has 0 aliphatic carbocycles. The lowest BCUT2D eigenvalue weighted by Crippen LogP contribution is -2.05. The van der Waals surface area contributed by atoms with E-state index in [-0.39, 0.29) is 5.82 Å². The van der Waals surface area contributed by atoms with Crippen molar-refractivity contribution in [1.82, 2.24) is 0 Å². The smallest absolute Gasteiger partial charge is 0.137 e. The third-order valence-electron chi connectivity index (χ3n) is 3.37. The predicted molar refractivity (Wildman–Crippen MR) is 78.7 cm³/mol. The third-order valence-corrected chi connectivity index (χ3v) is 4.01. The van der Waals surface area contributed by atoms with Gasteiger partial charge in [0.2, 0.25) is 0 Å². The molecule has 2 aromatic carbocycles. The average molecular weight is 323 g/mol. The minimum atomic E-state index is -0.692. The lowest BCUT2D eigenvalue weighted by atomic mass is 9.94. The third kappa shape index (κ3) is 3.23. The maximum atomic E-state index is 13.5. The molecule has 2 rings (SSSR count). The Morgan fingerprint density at radius 1 is 1.16 bits per heavy atom. The van der Waals surface area contributed by atoms with Crippen LogP contribution in [0.2, 0.25) is 0 Å². The monoisotopic (exact) mass is 322 g/mol. The number of hydrogen-bond donors (Lipinski definition) is 1. The topological polar surface area (TPSA) is 20.2 Å². The van der Waals surface area contributed by atoms with Gasteiger partial charge in [0.05, 0.1) is 10.6 Å². The van der Waals surface area contributed by atoms with Crippen LogP contribution in [0.15, 0.2) is 40.9 Å². The van der Waals surface area contributed by atoms with Crippen LogP contribution in [-0.4, -0.2) is 5.11 Å². The Morgan fingerprint density at radius 3 is 2.37 bits per heavy atom. The van der Waals surface area contributed by atoms with Gasteiger partial charge in [-0.25, -0.2) is 4.39 Å². The van der Waals surface area contributed by atoms with Crippen molar-refractivity contribution in [3.8, 4) is 0 Å². The van der Waals surface area contributed by atoms with Crippen LogP contribution in [0.5, 0.6) is 0 Å². The molecule has 0 amide bonds. The Balaban J connectivity index is 2.25. The summed E-state index contributed by atoms with van der Waals surface area (Å²) in [5.74, 6) is -0.349. The number of benzene rings is 2. The van der Waals surface area contributed by atoms with Gasteiger partial charge in [0.25, 0.3) is 0 Å². The van der Waals surface area contributed by atoms with Gasteiger partial charge >= 0.3 is 0 Å². The maximum Gasteiger partial charge on any atom is 0.137 e. The Bertz CT molecular complexity index is 575. The molecule has 2 aromatic rings. The second kappa shape index (κ2) is 5.85. The normalized spacial score (nSPS) is 12.5. The molecule has 1 N–H and O–H groups in total. The Morgan fingerprint density at radius 2 is 1.79 bits per heavy atom. The Labute approximate surface area is 121 Å². The summed E-state index contributed by atoms with van der Waals surface area (Å²) in [7, 11) is 0. The van der Waals surface area contributed by atoms with Crippen LogP contribution in [0.4, 0.5) is 4.39 Å². The van der Waals surface area contributed by atoms with Crippen molar-refractivity contribution in [2.24, 2.45) is 0 Å². The highest BCUT2D eigenvalue weighted by Gasteiger charge is 2.13. The molecule has 100 valence electrons. The molecule has 1 nitrogen and oxygen atoms in total. The lowest BCUT2D eigenvalue weighted by molar-refractivity contribution is 0.177. The summed E-state index contributed by atoms with van der Waals surface area (Å²) in [5.41, 5.74) is 4.02. The quantitative estimate of drug-likeness (QED) is 0.883. The zero-order valence-electron chi connectivity index (χ0n) is 11.0. The molecule has 0 spiro atoms. The van der Waals surface area contributed by atoms with Gasteiger partial charge in [-0.1, -0.05) is 24.3 Å². The number of hydrogen-bond acceptors (Lipinski definition) is 1. The molecular weight excluding hydrogens is 307 g/mol. The van der Waals surface area contributed by atoms with E-state index in [0.29, 0.717) is 16.5 Å². The summed E-state index contributed by atoms with van der Waals surface area (Å²) in [5, 5.41) is 10.3. The van der Waals surface area contributed by atoms with E-state index >= 15 is 0 Å². The molecule has 0 saturated carbocycles. The van der Waals surface area contributed by atoms with E-state index in [4.69, 9.17) is 0 Å². The predicted octanol–water partition coefficient (Wildman–Crippen LogP) is 4.48. The summed E-state index contributed by atoms with van der Waals surface area (Å²) in [6, 6.07) is 10.8. The van der Waals surface area contributed by atoms with Crippen LogP contribution in [0.1, 0.15) is 28.4 Å². The van der Waals surface area contributed by atoms with Gasteiger partial charge in [-0.05, 0) is 64.2 Å². The van der Waals surface area contributed by atoms with E-state index in [1.165, 1.54) is 6.07 Å². The summed E-state index contributed by atoms with van der Waals surface area (Å²) < 4.78 is 13.9. The molecule has 0 bridgehead atoms. The van der Waals surface area contributed by atoms with Crippen molar-refractivity contribution < 1.29 is 9.50 Å². The maximum absolute atomic E-state index is 13.5. The van der Waals surface area contributed by atoms with Gasteiger partial charge in [-0.2, -0.15) is 0 Å². The standard InChI is InChI=1S/C16H16BrFO/c1-10-4-3-5-11(2)13(10)9-16(19)12-6-7-14(17)15(18)8-12/h3-8,16,19H,9H2,1-2H3. The minimum Gasteiger partial charge on any atom is -0.388 e. The van der Waals surface area contributed by atoms with E-state index in [1.807, 2.05) is 32.0 Å². The largest absolute Gasteiger partial charge is 0.388 e. The van der Waals surface area contributed by atoms with Gasteiger partial charge < -0.3 is 5.11 Å². The van der Waals surface area contributed by atoms with Crippen LogP contribution in [-0.2, 0) is 6.42 Å². The molecular formula is C16H16BrFO. The van der Waals surface area contributed by atoms with E-state index < -0.39 is 6.10 Å². The van der Waals surface area contributed by atoms with Crippen LogP contribution >= 0.6 is 15.9 Å². The first-order chi connectivity index (χ1) is 8.99. The van der Waals surface area contributed by atoms with Gasteiger partial charge in [0, 0.05) is 6.42 Å². The van der Waals surface area contributed by atoms with E-state index in [0.717, 1.165) is 16.7 Å². The summed E-state index contributed by atoms with van der Waals surface area (Å²) in [4.78, 5) is 0. The van der Waals surface area contributed by atoms with Crippen molar-refractivity contribution in [1.29, 1.82) is 0 Å². The summed E-state index contributed by atoms with van der Waals surface area (Å²) in [6.07, 6.45) is -0.193. The molecule has 0 heterocycles. The molecule has 0 aliphatic rings. The number of aliphatic hydroxyl groups excluding tert-OH is 1. The molecule has 1 unspecified atom stereocenters. The molecule has 19 heavy (non-hydrogen) atoms. The number of halogens is 2. The van der Waals surface area contributed by atoms with Gasteiger partial charge in [-0.15, -0.1) is 0 Å².